The number of aliphatic hydroxyl groups excluding tert-OH is 1. The van der Waals surface area contributed by atoms with Crippen molar-refractivity contribution in [1.82, 2.24) is 10.3 Å². The van der Waals surface area contributed by atoms with Gasteiger partial charge in [0.2, 0.25) is 11.8 Å². The molecule has 1 atom stereocenters. The molecule has 110 valence electrons. The molecule has 0 aliphatic heterocycles. The summed E-state index contributed by atoms with van der Waals surface area (Å²) < 4.78 is 5.02. The first kappa shape index (κ1) is 15.0. The van der Waals surface area contributed by atoms with Gasteiger partial charge in [0, 0.05) is 18.8 Å². The summed E-state index contributed by atoms with van der Waals surface area (Å²) in [5.41, 5.74) is 1.63. The number of pyridine rings is 1. The Morgan fingerprint density at radius 2 is 2.10 bits per heavy atom. The van der Waals surface area contributed by atoms with E-state index in [1.807, 2.05) is 18.2 Å². The third-order valence-electron chi connectivity index (χ3n) is 3.06. The zero-order valence-corrected chi connectivity index (χ0v) is 11.8. The van der Waals surface area contributed by atoms with Crippen LogP contribution in [0.5, 0.6) is 5.88 Å². The molecule has 21 heavy (non-hydrogen) atoms. The number of hydrogen-bond acceptors (Lipinski definition) is 4. The average molecular weight is 286 g/mol. The molecule has 1 amide bonds. The van der Waals surface area contributed by atoms with Crippen molar-refractivity contribution in [2.24, 2.45) is 0 Å². The number of carbonyl (C=O) groups is 1. The monoisotopic (exact) mass is 286 g/mol. The molecule has 0 saturated carbocycles. The largest absolute Gasteiger partial charge is 0.481 e. The maximum atomic E-state index is 11.8. The maximum absolute atomic E-state index is 11.8. The Balaban J connectivity index is 1.84. The number of rotatable bonds is 6. The fourth-order valence-electron chi connectivity index (χ4n) is 1.91. The van der Waals surface area contributed by atoms with E-state index < -0.39 is 6.10 Å². The van der Waals surface area contributed by atoms with Crippen LogP contribution >= 0.6 is 0 Å². The normalized spacial score (nSPS) is 11.7. The standard InChI is InChI=1S/C16H18N2O3/c1-21-16-9-12(7-8-17-16)11-18-15(20)10-14(19)13-5-3-2-4-6-13/h2-9,14,19H,10-11H2,1H3,(H,18,20). The summed E-state index contributed by atoms with van der Waals surface area (Å²) in [4.78, 5) is 15.8. The Hall–Kier alpha value is -2.40. The van der Waals surface area contributed by atoms with E-state index in [-0.39, 0.29) is 12.3 Å². The molecule has 0 radical (unpaired) electrons. The van der Waals surface area contributed by atoms with Crippen molar-refractivity contribution in [2.75, 3.05) is 7.11 Å². The lowest BCUT2D eigenvalue weighted by molar-refractivity contribution is -0.123. The molecule has 2 rings (SSSR count). The summed E-state index contributed by atoms with van der Waals surface area (Å²) in [5.74, 6) is 0.299. The van der Waals surface area contributed by atoms with Crippen LogP contribution in [0.25, 0.3) is 0 Å². The highest BCUT2D eigenvalue weighted by atomic mass is 16.5. The van der Waals surface area contributed by atoms with Crippen LogP contribution in [0.4, 0.5) is 0 Å². The predicted molar refractivity (Wildman–Crippen MR) is 78.7 cm³/mol. The third-order valence-corrected chi connectivity index (χ3v) is 3.06. The first-order valence-electron chi connectivity index (χ1n) is 6.67. The number of aliphatic hydroxyl groups is 1. The molecular formula is C16H18N2O3. The van der Waals surface area contributed by atoms with Gasteiger partial charge in [-0.1, -0.05) is 30.3 Å². The fourth-order valence-corrected chi connectivity index (χ4v) is 1.91. The van der Waals surface area contributed by atoms with Crippen LogP contribution < -0.4 is 10.1 Å². The quantitative estimate of drug-likeness (QED) is 0.850. The van der Waals surface area contributed by atoms with Crippen LogP contribution in [0, 0.1) is 0 Å². The summed E-state index contributed by atoms with van der Waals surface area (Å²) >= 11 is 0. The van der Waals surface area contributed by atoms with Gasteiger partial charge in [0.05, 0.1) is 19.6 Å². The highest BCUT2D eigenvalue weighted by Gasteiger charge is 2.12. The topological polar surface area (TPSA) is 71.5 Å². The van der Waals surface area contributed by atoms with E-state index in [9.17, 15) is 9.90 Å². The number of aromatic nitrogens is 1. The minimum absolute atomic E-state index is 0.0340. The number of nitrogens with zero attached hydrogens (tertiary/aromatic N) is 1. The number of benzene rings is 1. The van der Waals surface area contributed by atoms with Crippen LogP contribution in [-0.2, 0) is 11.3 Å². The molecule has 0 aliphatic rings. The van der Waals surface area contributed by atoms with Gasteiger partial charge in [-0.05, 0) is 17.2 Å². The fraction of sp³-hybridized carbons (Fsp3) is 0.250. The van der Waals surface area contributed by atoms with Crippen LogP contribution in [0.3, 0.4) is 0 Å². The lowest BCUT2D eigenvalue weighted by Crippen LogP contribution is -2.24. The number of hydrogen-bond donors (Lipinski definition) is 2. The van der Waals surface area contributed by atoms with Gasteiger partial charge in [0.15, 0.2) is 0 Å². The van der Waals surface area contributed by atoms with Crippen molar-refractivity contribution in [3.63, 3.8) is 0 Å². The first-order chi connectivity index (χ1) is 10.2. The average Bonchev–Trinajstić information content (AvgIpc) is 2.54. The lowest BCUT2D eigenvalue weighted by Gasteiger charge is -2.11. The Bertz CT molecular complexity index is 587. The van der Waals surface area contributed by atoms with Crippen molar-refractivity contribution in [2.45, 2.75) is 19.1 Å². The SMILES string of the molecule is COc1cc(CNC(=O)CC(O)c2ccccc2)ccn1. The molecule has 0 fully saturated rings. The number of carbonyl (C=O) groups excluding carboxylic acids is 1. The molecule has 1 aromatic heterocycles. The van der Waals surface area contributed by atoms with Crippen molar-refractivity contribution in [1.29, 1.82) is 0 Å². The molecule has 0 bridgehead atoms. The molecular weight excluding hydrogens is 268 g/mol. The van der Waals surface area contributed by atoms with Gasteiger partial charge in [-0.3, -0.25) is 4.79 Å². The first-order valence-corrected chi connectivity index (χ1v) is 6.67. The molecule has 1 aromatic carbocycles. The second kappa shape index (κ2) is 7.40. The molecule has 1 heterocycles. The summed E-state index contributed by atoms with van der Waals surface area (Å²) in [7, 11) is 1.54. The van der Waals surface area contributed by atoms with Crippen molar-refractivity contribution >= 4 is 5.91 Å². The summed E-state index contributed by atoms with van der Waals surface area (Å²) in [5, 5.41) is 12.7. The van der Waals surface area contributed by atoms with E-state index in [2.05, 4.69) is 10.3 Å². The highest BCUT2D eigenvalue weighted by Crippen LogP contribution is 2.15. The van der Waals surface area contributed by atoms with E-state index in [1.165, 1.54) is 0 Å². The number of amides is 1. The van der Waals surface area contributed by atoms with Gasteiger partial charge in [-0.15, -0.1) is 0 Å². The highest BCUT2D eigenvalue weighted by molar-refractivity contribution is 5.76. The second-order valence-corrected chi connectivity index (χ2v) is 4.61. The third kappa shape index (κ3) is 4.57. The van der Waals surface area contributed by atoms with E-state index in [0.29, 0.717) is 12.4 Å². The summed E-state index contributed by atoms with van der Waals surface area (Å²) in [6, 6.07) is 12.7. The van der Waals surface area contributed by atoms with Crippen molar-refractivity contribution in [3.8, 4) is 5.88 Å². The maximum Gasteiger partial charge on any atom is 0.223 e. The Morgan fingerprint density at radius 1 is 1.33 bits per heavy atom. The summed E-state index contributed by atoms with van der Waals surface area (Å²) in [6.45, 7) is 0.374. The molecule has 1 unspecified atom stereocenters. The van der Waals surface area contributed by atoms with Gasteiger partial charge < -0.3 is 15.2 Å². The van der Waals surface area contributed by atoms with Crippen molar-refractivity contribution in [3.05, 3.63) is 59.8 Å². The Morgan fingerprint density at radius 3 is 2.81 bits per heavy atom. The molecule has 0 spiro atoms. The van der Waals surface area contributed by atoms with E-state index >= 15 is 0 Å². The minimum Gasteiger partial charge on any atom is -0.481 e. The van der Waals surface area contributed by atoms with Crippen molar-refractivity contribution < 1.29 is 14.6 Å². The van der Waals surface area contributed by atoms with Crippen LogP contribution in [-0.4, -0.2) is 23.1 Å². The summed E-state index contributed by atoms with van der Waals surface area (Å²) in [6.07, 6.45) is 0.865. The number of ether oxygens (including phenoxy) is 1. The van der Waals surface area contributed by atoms with Crippen LogP contribution in [0.2, 0.25) is 0 Å². The number of nitrogens with one attached hydrogen (secondary N) is 1. The molecule has 5 nitrogen and oxygen atoms in total. The molecule has 2 aromatic rings. The molecule has 5 heteroatoms. The zero-order chi connectivity index (χ0) is 15.1. The minimum atomic E-state index is -0.793. The second-order valence-electron chi connectivity index (χ2n) is 4.61. The molecule has 0 aliphatic carbocycles. The molecule has 0 saturated heterocycles. The van der Waals surface area contributed by atoms with Gasteiger partial charge in [0.1, 0.15) is 0 Å². The van der Waals surface area contributed by atoms with Gasteiger partial charge >= 0.3 is 0 Å². The molecule has 2 N–H and O–H groups in total. The van der Waals surface area contributed by atoms with E-state index in [0.717, 1.165) is 11.1 Å². The van der Waals surface area contributed by atoms with E-state index in [4.69, 9.17) is 4.74 Å². The van der Waals surface area contributed by atoms with Crippen LogP contribution in [0.1, 0.15) is 23.7 Å². The lowest BCUT2D eigenvalue weighted by atomic mass is 10.1. The Labute approximate surface area is 123 Å². The number of methoxy groups -OCH3 is 1. The predicted octanol–water partition coefficient (Wildman–Crippen LogP) is 1.83. The Kier molecular flexibility index (Phi) is 5.29. The van der Waals surface area contributed by atoms with Gasteiger partial charge in [-0.25, -0.2) is 4.98 Å². The smallest absolute Gasteiger partial charge is 0.223 e. The van der Waals surface area contributed by atoms with Gasteiger partial charge in [-0.2, -0.15) is 0 Å². The van der Waals surface area contributed by atoms with E-state index in [1.54, 1.807) is 37.6 Å². The van der Waals surface area contributed by atoms with Gasteiger partial charge in [0.25, 0.3) is 0 Å². The van der Waals surface area contributed by atoms with Crippen LogP contribution in [0.15, 0.2) is 48.7 Å². The zero-order valence-electron chi connectivity index (χ0n) is 11.8.